The molecule has 0 aliphatic carbocycles. The first-order valence-corrected chi connectivity index (χ1v) is 9.37. The van der Waals surface area contributed by atoms with Gasteiger partial charge in [0.15, 0.2) is 5.13 Å². The lowest BCUT2D eigenvalue weighted by molar-refractivity contribution is -0.115. The summed E-state index contributed by atoms with van der Waals surface area (Å²) in [6.07, 6.45) is 1.92. The number of nitrogens with zero attached hydrogens (tertiary/aromatic N) is 2. The van der Waals surface area contributed by atoms with Crippen LogP contribution in [0.25, 0.3) is 0 Å². The van der Waals surface area contributed by atoms with Crippen molar-refractivity contribution >= 4 is 39.8 Å². The van der Waals surface area contributed by atoms with Gasteiger partial charge < -0.3 is 16.0 Å². The number of nitrogens with one attached hydrogen (secondary N) is 1. The normalized spacial score (nSPS) is 10.5. The zero-order chi connectivity index (χ0) is 16.7. The molecular formula is C16H22N4OS2. The van der Waals surface area contributed by atoms with E-state index in [4.69, 9.17) is 5.73 Å². The summed E-state index contributed by atoms with van der Waals surface area (Å²) in [5.74, 6) is -0.0260. The van der Waals surface area contributed by atoms with Gasteiger partial charge in [-0.3, -0.25) is 4.79 Å². The molecule has 0 radical (unpaired) electrons. The molecule has 124 valence electrons. The van der Waals surface area contributed by atoms with Crippen LogP contribution in [0.4, 0.5) is 10.8 Å². The number of primary amides is 1. The zero-order valence-corrected chi connectivity index (χ0v) is 15.0. The Kier molecular flexibility index (Phi) is 6.73. The maximum Gasteiger partial charge on any atom is 0.227 e. The second-order valence-electron chi connectivity index (χ2n) is 4.89. The number of rotatable bonds is 9. The topological polar surface area (TPSA) is 71.2 Å². The van der Waals surface area contributed by atoms with E-state index >= 15 is 0 Å². The molecule has 0 atom stereocenters. The highest BCUT2D eigenvalue weighted by Crippen LogP contribution is 2.28. The fraction of sp³-hybridized carbons (Fsp3) is 0.375. The smallest absolute Gasteiger partial charge is 0.227 e. The van der Waals surface area contributed by atoms with E-state index in [1.54, 1.807) is 11.3 Å². The quantitative estimate of drug-likeness (QED) is 0.680. The van der Waals surface area contributed by atoms with E-state index < -0.39 is 0 Å². The summed E-state index contributed by atoms with van der Waals surface area (Å²) in [7, 11) is 0. The van der Waals surface area contributed by atoms with Gasteiger partial charge in [-0.2, -0.15) is 0 Å². The molecule has 1 aromatic heterocycles. The van der Waals surface area contributed by atoms with Crippen LogP contribution < -0.4 is 16.0 Å². The minimum atomic E-state index is -0.309. The standard InChI is InChI=1S/C16H22N4OS2/c1-3-20(4-2)16-19-10-12(23-16)9-18-13-7-5-6-8-14(13)22-11-15(17)21/h5-8,10,18H,3-4,9,11H2,1-2H3,(H2,17,21). The van der Waals surface area contributed by atoms with Crippen molar-refractivity contribution < 1.29 is 4.79 Å². The van der Waals surface area contributed by atoms with E-state index in [0.717, 1.165) is 28.8 Å². The monoisotopic (exact) mass is 350 g/mol. The van der Waals surface area contributed by atoms with Crippen molar-refractivity contribution in [3.63, 3.8) is 0 Å². The maximum absolute atomic E-state index is 11.0. The Morgan fingerprint density at radius 2 is 2.09 bits per heavy atom. The predicted octanol–water partition coefficient (Wildman–Crippen LogP) is 3.18. The van der Waals surface area contributed by atoms with Gasteiger partial charge in [0.2, 0.25) is 5.91 Å². The van der Waals surface area contributed by atoms with Crippen molar-refractivity contribution in [2.75, 3.05) is 29.1 Å². The highest BCUT2D eigenvalue weighted by molar-refractivity contribution is 8.00. The lowest BCUT2D eigenvalue weighted by atomic mass is 10.3. The molecule has 1 aromatic carbocycles. The van der Waals surface area contributed by atoms with Gasteiger partial charge in [0.25, 0.3) is 0 Å². The number of thioether (sulfide) groups is 1. The molecule has 7 heteroatoms. The summed E-state index contributed by atoms with van der Waals surface area (Å²) in [6, 6.07) is 7.93. The van der Waals surface area contributed by atoms with Gasteiger partial charge in [0.1, 0.15) is 0 Å². The number of benzene rings is 1. The molecule has 1 heterocycles. The van der Waals surface area contributed by atoms with Gasteiger partial charge in [0.05, 0.1) is 12.3 Å². The van der Waals surface area contributed by atoms with Crippen molar-refractivity contribution in [2.45, 2.75) is 25.3 Å². The number of para-hydroxylation sites is 1. The average Bonchev–Trinajstić information content (AvgIpc) is 3.01. The number of anilines is 2. The fourth-order valence-corrected chi connectivity index (χ4v) is 3.83. The van der Waals surface area contributed by atoms with E-state index in [2.05, 4.69) is 29.0 Å². The Hall–Kier alpha value is -1.73. The molecule has 0 unspecified atom stereocenters. The SMILES string of the molecule is CCN(CC)c1ncc(CNc2ccccc2SCC(N)=O)s1. The lowest BCUT2D eigenvalue weighted by Gasteiger charge is -2.16. The molecule has 0 fully saturated rings. The molecule has 0 saturated heterocycles. The van der Waals surface area contributed by atoms with Crippen LogP contribution in [-0.4, -0.2) is 29.7 Å². The number of aromatic nitrogens is 1. The summed E-state index contributed by atoms with van der Waals surface area (Å²) >= 11 is 3.16. The van der Waals surface area contributed by atoms with Gasteiger partial charge in [0, 0.05) is 34.7 Å². The van der Waals surface area contributed by atoms with Gasteiger partial charge in [-0.25, -0.2) is 4.98 Å². The Labute approximate surface area is 145 Å². The first kappa shape index (κ1) is 17.6. The second-order valence-corrected chi connectivity index (χ2v) is 7.00. The van der Waals surface area contributed by atoms with E-state index in [1.807, 2.05) is 30.5 Å². The Balaban J connectivity index is 1.99. The molecule has 5 nitrogen and oxygen atoms in total. The number of hydrogen-bond acceptors (Lipinski definition) is 6. The minimum Gasteiger partial charge on any atom is -0.379 e. The number of thiazole rings is 1. The van der Waals surface area contributed by atoms with Crippen molar-refractivity contribution in [1.82, 2.24) is 4.98 Å². The van der Waals surface area contributed by atoms with E-state index in [0.29, 0.717) is 6.54 Å². The minimum absolute atomic E-state index is 0.283. The second kappa shape index (κ2) is 8.79. The first-order chi connectivity index (χ1) is 11.1. The summed E-state index contributed by atoms with van der Waals surface area (Å²) in [6.45, 7) is 6.91. The van der Waals surface area contributed by atoms with Gasteiger partial charge in [-0.15, -0.1) is 23.1 Å². The molecule has 2 aromatic rings. The van der Waals surface area contributed by atoms with E-state index in [-0.39, 0.29) is 11.7 Å². The van der Waals surface area contributed by atoms with Crippen molar-refractivity contribution in [1.29, 1.82) is 0 Å². The molecule has 0 aliphatic rings. The zero-order valence-electron chi connectivity index (χ0n) is 13.4. The predicted molar refractivity (Wildman–Crippen MR) is 99.4 cm³/mol. The van der Waals surface area contributed by atoms with Crippen molar-refractivity contribution in [3.05, 3.63) is 35.3 Å². The summed E-state index contributed by atoms with van der Waals surface area (Å²) in [5, 5.41) is 4.48. The number of amides is 1. The van der Waals surface area contributed by atoms with Crippen LogP contribution in [0.2, 0.25) is 0 Å². The molecular weight excluding hydrogens is 328 g/mol. The molecule has 3 N–H and O–H groups in total. The van der Waals surface area contributed by atoms with E-state index in [9.17, 15) is 4.79 Å². The van der Waals surface area contributed by atoms with Crippen LogP contribution in [0, 0.1) is 0 Å². The summed E-state index contributed by atoms with van der Waals surface area (Å²) in [5.41, 5.74) is 6.23. The third-order valence-corrected chi connectivity index (χ3v) is 5.44. The molecule has 0 aliphatic heterocycles. The third-order valence-electron chi connectivity index (χ3n) is 3.29. The molecule has 0 spiro atoms. The molecule has 2 rings (SSSR count). The highest BCUT2D eigenvalue weighted by Gasteiger charge is 2.09. The van der Waals surface area contributed by atoms with Gasteiger partial charge in [-0.1, -0.05) is 12.1 Å². The number of hydrogen-bond donors (Lipinski definition) is 2. The van der Waals surface area contributed by atoms with Gasteiger partial charge >= 0.3 is 0 Å². The molecule has 0 saturated carbocycles. The fourth-order valence-electron chi connectivity index (χ4n) is 2.09. The lowest BCUT2D eigenvalue weighted by Crippen LogP contribution is -2.21. The number of nitrogens with two attached hydrogens (primary N) is 1. The highest BCUT2D eigenvalue weighted by atomic mass is 32.2. The van der Waals surface area contributed by atoms with Gasteiger partial charge in [-0.05, 0) is 26.0 Å². The number of carbonyl (C=O) groups excluding carboxylic acids is 1. The van der Waals surface area contributed by atoms with Crippen molar-refractivity contribution in [3.8, 4) is 0 Å². The Morgan fingerprint density at radius 3 is 2.78 bits per heavy atom. The average molecular weight is 351 g/mol. The summed E-state index contributed by atoms with van der Waals surface area (Å²) < 4.78 is 0. The van der Waals surface area contributed by atoms with Crippen LogP contribution in [0.3, 0.4) is 0 Å². The third kappa shape index (κ3) is 5.14. The van der Waals surface area contributed by atoms with Crippen LogP contribution in [0.15, 0.2) is 35.4 Å². The van der Waals surface area contributed by atoms with Crippen LogP contribution in [0.1, 0.15) is 18.7 Å². The Bertz CT molecular complexity index is 641. The Morgan fingerprint density at radius 1 is 1.35 bits per heavy atom. The van der Waals surface area contributed by atoms with Crippen molar-refractivity contribution in [2.24, 2.45) is 5.73 Å². The molecule has 23 heavy (non-hydrogen) atoms. The maximum atomic E-state index is 11.0. The van der Waals surface area contributed by atoms with Crippen LogP contribution in [0.5, 0.6) is 0 Å². The number of carbonyl (C=O) groups is 1. The summed E-state index contributed by atoms with van der Waals surface area (Å²) in [4.78, 5) is 19.9. The van der Waals surface area contributed by atoms with Crippen LogP contribution >= 0.6 is 23.1 Å². The largest absolute Gasteiger partial charge is 0.379 e. The molecule has 1 amide bonds. The first-order valence-electron chi connectivity index (χ1n) is 7.57. The van der Waals surface area contributed by atoms with E-state index in [1.165, 1.54) is 16.6 Å². The molecule has 0 bridgehead atoms. The van der Waals surface area contributed by atoms with Crippen LogP contribution in [-0.2, 0) is 11.3 Å².